The largest absolute Gasteiger partial charge is 0.494 e. The molecule has 0 spiro atoms. The summed E-state index contributed by atoms with van der Waals surface area (Å²) in [7, 11) is 0. The minimum atomic E-state index is -0.609. The van der Waals surface area contributed by atoms with E-state index in [9.17, 15) is 5.11 Å². The number of anilines is 1. The van der Waals surface area contributed by atoms with Crippen LogP contribution in [0.4, 0.5) is 5.69 Å². The molecule has 0 heterocycles. The summed E-state index contributed by atoms with van der Waals surface area (Å²) in [6.07, 6.45) is -0.609. The first-order valence-electron chi connectivity index (χ1n) is 7.20. The van der Waals surface area contributed by atoms with E-state index in [0.717, 1.165) is 11.4 Å². The number of benzene rings is 2. The molecule has 2 aromatic rings. The number of hydrogen-bond acceptors (Lipinski definition) is 4. The fourth-order valence-corrected chi connectivity index (χ4v) is 1.98. The molecular weight excluding hydrogens is 302 g/mol. The Morgan fingerprint density at radius 3 is 2.23 bits per heavy atom. The van der Waals surface area contributed by atoms with Crippen LogP contribution in [0.2, 0.25) is 5.02 Å². The molecule has 2 rings (SSSR count). The van der Waals surface area contributed by atoms with Gasteiger partial charge in [-0.05, 0) is 55.5 Å². The van der Waals surface area contributed by atoms with E-state index in [1.54, 1.807) is 24.3 Å². The van der Waals surface area contributed by atoms with Crippen LogP contribution in [0.1, 0.15) is 6.92 Å². The van der Waals surface area contributed by atoms with Gasteiger partial charge in [-0.15, -0.1) is 0 Å². The first kappa shape index (κ1) is 16.5. The number of hydrogen-bond donors (Lipinski definition) is 2. The van der Waals surface area contributed by atoms with Crippen LogP contribution in [-0.2, 0) is 0 Å². The van der Waals surface area contributed by atoms with Gasteiger partial charge in [0.15, 0.2) is 0 Å². The third-order valence-electron chi connectivity index (χ3n) is 2.96. The molecule has 0 aromatic heterocycles. The summed E-state index contributed by atoms with van der Waals surface area (Å²) in [6.45, 7) is 3.21. The Morgan fingerprint density at radius 2 is 1.59 bits per heavy atom. The van der Waals surface area contributed by atoms with Crippen LogP contribution in [0.3, 0.4) is 0 Å². The van der Waals surface area contributed by atoms with E-state index in [2.05, 4.69) is 5.32 Å². The maximum Gasteiger partial charge on any atom is 0.119 e. The van der Waals surface area contributed by atoms with Crippen LogP contribution in [0.15, 0.2) is 48.5 Å². The zero-order valence-electron chi connectivity index (χ0n) is 12.5. The monoisotopic (exact) mass is 321 g/mol. The molecule has 4 nitrogen and oxygen atoms in total. The highest BCUT2D eigenvalue weighted by Crippen LogP contribution is 2.17. The molecule has 0 saturated heterocycles. The Balaban J connectivity index is 1.72. The fraction of sp³-hybridized carbons (Fsp3) is 0.294. The Hall–Kier alpha value is -1.91. The van der Waals surface area contributed by atoms with Gasteiger partial charge in [0.1, 0.15) is 24.2 Å². The molecule has 1 atom stereocenters. The smallest absolute Gasteiger partial charge is 0.119 e. The van der Waals surface area contributed by atoms with E-state index >= 15 is 0 Å². The lowest BCUT2D eigenvalue weighted by Crippen LogP contribution is -2.26. The molecule has 0 amide bonds. The molecule has 0 aliphatic carbocycles. The Bertz CT molecular complexity index is 557. The minimum Gasteiger partial charge on any atom is -0.494 e. The van der Waals surface area contributed by atoms with Crippen molar-refractivity contribution in [2.24, 2.45) is 0 Å². The van der Waals surface area contributed by atoms with Crippen molar-refractivity contribution in [3.8, 4) is 11.5 Å². The van der Waals surface area contributed by atoms with Crippen molar-refractivity contribution in [2.45, 2.75) is 13.0 Å². The first-order valence-corrected chi connectivity index (χ1v) is 7.58. The number of nitrogens with one attached hydrogen (secondary N) is 1. The van der Waals surface area contributed by atoms with Crippen molar-refractivity contribution >= 4 is 17.3 Å². The summed E-state index contributed by atoms with van der Waals surface area (Å²) in [6, 6.07) is 14.7. The topological polar surface area (TPSA) is 50.7 Å². The van der Waals surface area contributed by atoms with Gasteiger partial charge in [-0.25, -0.2) is 0 Å². The average molecular weight is 322 g/mol. The van der Waals surface area contributed by atoms with Gasteiger partial charge in [0.25, 0.3) is 0 Å². The molecular formula is C17H20ClNO3. The number of aliphatic hydroxyl groups is 1. The van der Waals surface area contributed by atoms with Gasteiger partial charge in [0.05, 0.1) is 6.61 Å². The number of aliphatic hydroxyl groups excluding tert-OH is 1. The summed E-state index contributed by atoms with van der Waals surface area (Å²) >= 11 is 5.80. The van der Waals surface area contributed by atoms with Crippen LogP contribution >= 0.6 is 11.6 Å². The van der Waals surface area contributed by atoms with Gasteiger partial charge in [0, 0.05) is 17.3 Å². The van der Waals surface area contributed by atoms with Crippen molar-refractivity contribution in [3.63, 3.8) is 0 Å². The van der Waals surface area contributed by atoms with Crippen LogP contribution in [0.25, 0.3) is 0 Å². The van der Waals surface area contributed by atoms with Gasteiger partial charge in [0.2, 0.25) is 0 Å². The van der Waals surface area contributed by atoms with E-state index in [-0.39, 0.29) is 6.61 Å². The van der Waals surface area contributed by atoms with Gasteiger partial charge in [-0.2, -0.15) is 0 Å². The molecule has 2 N–H and O–H groups in total. The number of halogens is 1. The fourth-order valence-electron chi connectivity index (χ4n) is 1.85. The highest BCUT2D eigenvalue weighted by atomic mass is 35.5. The van der Waals surface area contributed by atoms with Crippen LogP contribution in [-0.4, -0.2) is 31.0 Å². The van der Waals surface area contributed by atoms with E-state index in [1.807, 2.05) is 31.2 Å². The van der Waals surface area contributed by atoms with Crippen molar-refractivity contribution in [1.29, 1.82) is 0 Å². The van der Waals surface area contributed by atoms with Crippen molar-refractivity contribution < 1.29 is 14.6 Å². The predicted molar refractivity (Wildman–Crippen MR) is 89.1 cm³/mol. The van der Waals surface area contributed by atoms with Gasteiger partial charge >= 0.3 is 0 Å². The van der Waals surface area contributed by atoms with E-state index < -0.39 is 6.10 Å². The molecule has 1 unspecified atom stereocenters. The molecule has 0 radical (unpaired) electrons. The normalized spacial score (nSPS) is 11.8. The standard InChI is InChI=1S/C17H20ClNO3/c1-2-21-16-9-5-14(6-10-16)19-11-15(20)12-22-17-7-3-13(18)4-8-17/h3-10,15,19-20H,2,11-12H2,1H3. The molecule has 2 aromatic carbocycles. The zero-order chi connectivity index (χ0) is 15.8. The maximum atomic E-state index is 9.93. The third-order valence-corrected chi connectivity index (χ3v) is 3.22. The summed E-state index contributed by atoms with van der Waals surface area (Å²) in [5, 5.41) is 13.7. The van der Waals surface area contributed by atoms with Gasteiger partial charge < -0.3 is 19.9 Å². The Labute approximate surface area is 135 Å². The predicted octanol–water partition coefficient (Wildman–Crippen LogP) is 3.59. The SMILES string of the molecule is CCOc1ccc(NCC(O)COc2ccc(Cl)cc2)cc1. The molecule has 0 aliphatic rings. The van der Waals surface area contributed by atoms with Gasteiger partial charge in [-0.1, -0.05) is 11.6 Å². The average Bonchev–Trinajstić information content (AvgIpc) is 2.54. The van der Waals surface area contributed by atoms with Crippen LogP contribution in [0.5, 0.6) is 11.5 Å². The number of ether oxygens (including phenoxy) is 2. The van der Waals surface area contributed by atoms with E-state index in [0.29, 0.717) is 23.9 Å². The molecule has 0 fully saturated rings. The second-order valence-corrected chi connectivity index (χ2v) is 5.19. The molecule has 0 aliphatic heterocycles. The summed E-state index contributed by atoms with van der Waals surface area (Å²) in [4.78, 5) is 0. The highest BCUT2D eigenvalue weighted by Gasteiger charge is 2.05. The summed E-state index contributed by atoms with van der Waals surface area (Å²) < 4.78 is 10.9. The van der Waals surface area contributed by atoms with Crippen molar-refractivity contribution in [3.05, 3.63) is 53.6 Å². The second kappa shape index (κ2) is 8.51. The third kappa shape index (κ3) is 5.47. The molecule has 118 valence electrons. The molecule has 5 heteroatoms. The Kier molecular flexibility index (Phi) is 6.37. The van der Waals surface area contributed by atoms with Crippen LogP contribution < -0.4 is 14.8 Å². The summed E-state index contributed by atoms with van der Waals surface area (Å²) in [5.41, 5.74) is 0.925. The quantitative estimate of drug-likeness (QED) is 0.780. The Morgan fingerprint density at radius 1 is 1.00 bits per heavy atom. The highest BCUT2D eigenvalue weighted by molar-refractivity contribution is 6.30. The number of rotatable bonds is 8. The van der Waals surface area contributed by atoms with E-state index in [4.69, 9.17) is 21.1 Å². The minimum absolute atomic E-state index is 0.214. The summed E-state index contributed by atoms with van der Waals surface area (Å²) in [5.74, 6) is 1.52. The van der Waals surface area contributed by atoms with E-state index in [1.165, 1.54) is 0 Å². The first-order chi connectivity index (χ1) is 10.7. The molecule has 0 saturated carbocycles. The molecule has 22 heavy (non-hydrogen) atoms. The van der Waals surface area contributed by atoms with Crippen LogP contribution in [0, 0.1) is 0 Å². The van der Waals surface area contributed by atoms with Gasteiger partial charge in [-0.3, -0.25) is 0 Å². The van der Waals surface area contributed by atoms with Crippen molar-refractivity contribution in [1.82, 2.24) is 0 Å². The lowest BCUT2D eigenvalue weighted by atomic mass is 10.3. The van der Waals surface area contributed by atoms with Crippen molar-refractivity contribution in [2.75, 3.05) is 25.1 Å². The molecule has 0 bridgehead atoms. The lowest BCUT2D eigenvalue weighted by molar-refractivity contribution is 0.117. The zero-order valence-corrected chi connectivity index (χ0v) is 13.2. The lowest BCUT2D eigenvalue weighted by Gasteiger charge is -2.14. The maximum absolute atomic E-state index is 9.93. The second-order valence-electron chi connectivity index (χ2n) is 4.76.